The Bertz CT molecular complexity index is 488. The Morgan fingerprint density at radius 3 is 2.57 bits per heavy atom. The molecule has 0 radical (unpaired) electrons. The number of rotatable bonds is 8. The first-order valence-electron chi connectivity index (χ1n) is 7.06. The maximum absolute atomic E-state index is 12.0. The van der Waals surface area contributed by atoms with Gasteiger partial charge in [0.2, 0.25) is 0 Å². The number of carbonyl (C=O) groups is 2. The van der Waals surface area contributed by atoms with Gasteiger partial charge < -0.3 is 16.2 Å². The summed E-state index contributed by atoms with van der Waals surface area (Å²) in [5.41, 5.74) is 6.10. The highest BCUT2D eigenvalue weighted by Gasteiger charge is 2.16. The Morgan fingerprint density at radius 1 is 1.38 bits per heavy atom. The minimum Gasteiger partial charge on any atom is -0.481 e. The standard InChI is InChI=1S/C14H23N3O3S/c1-8(14(19)20)5-4-6-9(2)16-12(18)11-7-21-13(17-11)10(3)15/h7-10H,4-6,15H2,1-3H3,(H,16,18)(H,19,20). The number of hydrogen-bond donors (Lipinski definition) is 3. The molecule has 3 atom stereocenters. The molecule has 1 rings (SSSR count). The molecular formula is C14H23N3O3S. The number of carbonyl (C=O) groups excluding carboxylic acids is 1. The van der Waals surface area contributed by atoms with E-state index in [0.717, 1.165) is 17.8 Å². The number of aliphatic carboxylic acids is 1. The molecule has 0 aliphatic rings. The number of thiazole rings is 1. The van der Waals surface area contributed by atoms with E-state index in [0.29, 0.717) is 12.1 Å². The number of nitrogens with one attached hydrogen (secondary N) is 1. The molecule has 21 heavy (non-hydrogen) atoms. The zero-order valence-corrected chi connectivity index (χ0v) is 13.4. The highest BCUT2D eigenvalue weighted by Crippen LogP contribution is 2.16. The quantitative estimate of drug-likeness (QED) is 0.682. The van der Waals surface area contributed by atoms with E-state index in [4.69, 9.17) is 10.8 Å². The molecule has 6 nitrogen and oxygen atoms in total. The van der Waals surface area contributed by atoms with E-state index in [9.17, 15) is 9.59 Å². The van der Waals surface area contributed by atoms with Crippen LogP contribution in [0.1, 0.15) is 61.6 Å². The first-order chi connectivity index (χ1) is 9.81. The van der Waals surface area contributed by atoms with E-state index in [1.807, 2.05) is 13.8 Å². The van der Waals surface area contributed by atoms with Gasteiger partial charge in [-0.1, -0.05) is 13.3 Å². The summed E-state index contributed by atoms with van der Waals surface area (Å²) in [6, 6.07) is -0.189. The van der Waals surface area contributed by atoms with E-state index in [-0.39, 0.29) is 23.9 Å². The minimum absolute atomic E-state index is 0.0149. The van der Waals surface area contributed by atoms with E-state index in [2.05, 4.69) is 10.3 Å². The maximum Gasteiger partial charge on any atom is 0.306 e. The number of carboxylic acid groups (broad SMARTS) is 1. The van der Waals surface area contributed by atoms with Gasteiger partial charge in [-0.25, -0.2) is 4.98 Å². The van der Waals surface area contributed by atoms with Crippen molar-refractivity contribution in [3.05, 3.63) is 16.1 Å². The highest BCUT2D eigenvalue weighted by atomic mass is 32.1. The lowest BCUT2D eigenvalue weighted by Gasteiger charge is -2.13. The SMILES string of the molecule is CC(CCCC(C)C(=O)O)NC(=O)c1csc(C(C)N)n1. The topological polar surface area (TPSA) is 105 Å². The fraction of sp³-hybridized carbons (Fsp3) is 0.643. The summed E-state index contributed by atoms with van der Waals surface area (Å²) in [5.74, 6) is -1.34. The highest BCUT2D eigenvalue weighted by molar-refractivity contribution is 7.09. The number of hydrogen-bond acceptors (Lipinski definition) is 5. The summed E-state index contributed by atoms with van der Waals surface area (Å²) in [5, 5.41) is 14.1. The summed E-state index contributed by atoms with van der Waals surface area (Å²) in [4.78, 5) is 26.9. The molecule has 1 heterocycles. The fourth-order valence-corrected chi connectivity index (χ4v) is 2.58. The Balaban J connectivity index is 2.38. The predicted octanol–water partition coefficient (Wildman–Crippen LogP) is 2.17. The molecule has 1 aromatic rings. The molecule has 1 amide bonds. The largest absolute Gasteiger partial charge is 0.481 e. The van der Waals surface area contributed by atoms with Crippen molar-refractivity contribution in [3.63, 3.8) is 0 Å². The molecular weight excluding hydrogens is 290 g/mol. The van der Waals surface area contributed by atoms with Crippen LogP contribution in [-0.2, 0) is 4.79 Å². The molecule has 0 aromatic carbocycles. The molecule has 0 spiro atoms. The number of carboxylic acids is 1. The summed E-state index contributed by atoms with van der Waals surface area (Å²) < 4.78 is 0. The van der Waals surface area contributed by atoms with Gasteiger partial charge in [0, 0.05) is 11.4 Å². The monoisotopic (exact) mass is 313 g/mol. The van der Waals surface area contributed by atoms with Gasteiger partial charge in [-0.3, -0.25) is 9.59 Å². The van der Waals surface area contributed by atoms with Crippen LogP contribution >= 0.6 is 11.3 Å². The lowest BCUT2D eigenvalue weighted by molar-refractivity contribution is -0.141. The van der Waals surface area contributed by atoms with Gasteiger partial charge in [0.05, 0.1) is 12.0 Å². The maximum atomic E-state index is 12.0. The Kier molecular flexibility index (Phi) is 6.77. The Hall–Kier alpha value is -1.47. The van der Waals surface area contributed by atoms with Crippen LogP contribution in [0.3, 0.4) is 0 Å². The summed E-state index contributed by atoms with van der Waals surface area (Å²) in [6.45, 7) is 5.42. The third-order valence-corrected chi connectivity index (χ3v) is 4.26. The van der Waals surface area contributed by atoms with Crippen LogP contribution in [0.4, 0.5) is 0 Å². The van der Waals surface area contributed by atoms with Crippen LogP contribution in [0.2, 0.25) is 0 Å². The van der Waals surface area contributed by atoms with Crippen LogP contribution in [-0.4, -0.2) is 28.0 Å². The number of amides is 1. The van der Waals surface area contributed by atoms with Crippen molar-refractivity contribution in [2.24, 2.45) is 11.7 Å². The molecule has 0 fully saturated rings. The Labute approximate surface area is 128 Å². The third kappa shape index (κ3) is 5.81. The van der Waals surface area contributed by atoms with Crippen molar-refractivity contribution in [1.82, 2.24) is 10.3 Å². The van der Waals surface area contributed by atoms with Crippen molar-refractivity contribution in [1.29, 1.82) is 0 Å². The Morgan fingerprint density at radius 2 is 2.05 bits per heavy atom. The number of nitrogens with two attached hydrogens (primary N) is 1. The second kappa shape index (κ2) is 8.09. The smallest absolute Gasteiger partial charge is 0.306 e. The van der Waals surface area contributed by atoms with E-state index in [1.54, 1.807) is 12.3 Å². The van der Waals surface area contributed by atoms with Crippen molar-refractivity contribution in [2.75, 3.05) is 0 Å². The summed E-state index contributed by atoms with van der Waals surface area (Å²) in [7, 11) is 0. The van der Waals surface area contributed by atoms with Crippen LogP contribution in [0.15, 0.2) is 5.38 Å². The number of aromatic nitrogens is 1. The normalized spacial score (nSPS) is 15.2. The van der Waals surface area contributed by atoms with Crippen LogP contribution in [0.25, 0.3) is 0 Å². The third-order valence-electron chi connectivity index (χ3n) is 3.22. The second-order valence-electron chi connectivity index (χ2n) is 5.40. The molecule has 1 aromatic heterocycles. The summed E-state index contributed by atoms with van der Waals surface area (Å²) >= 11 is 1.38. The lowest BCUT2D eigenvalue weighted by atomic mass is 10.0. The minimum atomic E-state index is -0.780. The van der Waals surface area contributed by atoms with Gasteiger partial charge in [-0.05, 0) is 26.7 Å². The van der Waals surface area contributed by atoms with E-state index < -0.39 is 5.97 Å². The molecule has 0 bridgehead atoms. The average molecular weight is 313 g/mol. The van der Waals surface area contributed by atoms with Crippen LogP contribution < -0.4 is 11.1 Å². The predicted molar refractivity (Wildman–Crippen MR) is 82.3 cm³/mol. The summed E-state index contributed by atoms with van der Waals surface area (Å²) in [6.07, 6.45) is 2.12. The first-order valence-corrected chi connectivity index (χ1v) is 7.94. The molecule has 118 valence electrons. The first kappa shape index (κ1) is 17.6. The van der Waals surface area contributed by atoms with Gasteiger partial charge in [0.25, 0.3) is 5.91 Å². The van der Waals surface area contributed by atoms with Crippen LogP contribution in [0.5, 0.6) is 0 Å². The second-order valence-corrected chi connectivity index (χ2v) is 6.29. The lowest BCUT2D eigenvalue weighted by Crippen LogP contribution is -2.32. The van der Waals surface area contributed by atoms with Gasteiger partial charge in [0.1, 0.15) is 10.7 Å². The van der Waals surface area contributed by atoms with Crippen molar-refractivity contribution in [3.8, 4) is 0 Å². The van der Waals surface area contributed by atoms with E-state index in [1.165, 1.54) is 11.3 Å². The molecule has 0 saturated heterocycles. The molecule has 0 saturated carbocycles. The van der Waals surface area contributed by atoms with Crippen molar-refractivity contribution in [2.45, 2.75) is 52.1 Å². The number of nitrogens with zero attached hydrogens (tertiary/aromatic N) is 1. The van der Waals surface area contributed by atoms with Gasteiger partial charge >= 0.3 is 5.97 Å². The van der Waals surface area contributed by atoms with Gasteiger partial charge in [0.15, 0.2) is 0 Å². The van der Waals surface area contributed by atoms with Gasteiger partial charge in [-0.2, -0.15) is 0 Å². The van der Waals surface area contributed by atoms with Crippen molar-refractivity contribution < 1.29 is 14.7 Å². The van der Waals surface area contributed by atoms with E-state index >= 15 is 0 Å². The molecule has 4 N–H and O–H groups in total. The van der Waals surface area contributed by atoms with Gasteiger partial charge in [-0.15, -0.1) is 11.3 Å². The molecule has 0 aliphatic heterocycles. The van der Waals surface area contributed by atoms with Crippen LogP contribution in [0, 0.1) is 5.92 Å². The zero-order valence-electron chi connectivity index (χ0n) is 12.6. The molecule has 7 heteroatoms. The average Bonchev–Trinajstić information content (AvgIpc) is 2.88. The zero-order chi connectivity index (χ0) is 16.0. The van der Waals surface area contributed by atoms with Crippen molar-refractivity contribution >= 4 is 23.2 Å². The fourth-order valence-electron chi connectivity index (χ4n) is 1.82. The molecule has 3 unspecified atom stereocenters. The molecule has 0 aliphatic carbocycles.